The van der Waals surface area contributed by atoms with Crippen molar-refractivity contribution in [2.75, 3.05) is 6.61 Å². The second kappa shape index (κ2) is 5.40. The zero-order valence-electron chi connectivity index (χ0n) is 11.2. The van der Waals surface area contributed by atoms with Crippen molar-refractivity contribution >= 4 is 5.97 Å². The van der Waals surface area contributed by atoms with Gasteiger partial charge in [-0.2, -0.15) is 0 Å². The lowest BCUT2D eigenvalue weighted by Crippen LogP contribution is -2.32. The highest BCUT2D eigenvalue weighted by Crippen LogP contribution is 2.23. The lowest BCUT2D eigenvalue weighted by molar-refractivity contribution is 0.0216. The van der Waals surface area contributed by atoms with Crippen LogP contribution in [0.4, 0.5) is 0 Å². The zero-order valence-corrected chi connectivity index (χ0v) is 11.2. The predicted octanol–water partition coefficient (Wildman–Crippen LogP) is 2.48. The number of aliphatic hydroxyl groups excluding tert-OH is 1. The summed E-state index contributed by atoms with van der Waals surface area (Å²) in [5.74, 6) is -0.491. The lowest BCUT2D eigenvalue weighted by atomic mass is 9.90. The molecule has 0 spiro atoms. The van der Waals surface area contributed by atoms with E-state index in [4.69, 9.17) is 9.84 Å². The van der Waals surface area contributed by atoms with Crippen LogP contribution in [0.1, 0.15) is 36.7 Å². The van der Waals surface area contributed by atoms with Gasteiger partial charge in [0.15, 0.2) is 0 Å². The summed E-state index contributed by atoms with van der Waals surface area (Å²) in [6, 6.07) is 4.71. The van der Waals surface area contributed by atoms with E-state index in [0.29, 0.717) is 5.75 Å². The number of hydrogen-bond donors (Lipinski definition) is 2. The number of aliphatic hydroxyl groups is 1. The Bertz CT molecular complexity index is 432. The molecule has 0 aliphatic carbocycles. The molecule has 0 saturated carbocycles. The summed E-state index contributed by atoms with van der Waals surface area (Å²) in [5, 5.41) is 18.8. The minimum Gasteiger partial charge on any atom is -0.491 e. The molecule has 0 aliphatic heterocycles. The maximum atomic E-state index is 10.9. The van der Waals surface area contributed by atoms with E-state index in [2.05, 4.69) is 0 Å². The molecule has 0 saturated heterocycles. The molecule has 2 N–H and O–H groups in total. The van der Waals surface area contributed by atoms with Gasteiger partial charge in [-0.1, -0.05) is 26.8 Å². The molecule has 0 fully saturated rings. The molecule has 0 bridgehead atoms. The molecule has 0 heterocycles. The maximum absolute atomic E-state index is 10.9. The molecule has 1 rings (SSSR count). The van der Waals surface area contributed by atoms with Gasteiger partial charge < -0.3 is 14.9 Å². The van der Waals surface area contributed by atoms with E-state index in [-0.39, 0.29) is 17.6 Å². The van der Waals surface area contributed by atoms with Crippen LogP contribution in [0.2, 0.25) is 0 Å². The standard InChI is InChI=1S/C14H20O4/c1-9-5-6-10(13(16)17)7-11(9)18-8-12(15)14(2,3)4/h5-7,12,15H,8H2,1-4H3,(H,16,17). The van der Waals surface area contributed by atoms with Crippen molar-refractivity contribution in [1.29, 1.82) is 0 Å². The lowest BCUT2D eigenvalue weighted by Gasteiger charge is -2.26. The Morgan fingerprint density at radius 3 is 2.50 bits per heavy atom. The fourth-order valence-electron chi connectivity index (χ4n) is 1.31. The zero-order chi connectivity index (χ0) is 13.9. The second-order valence-corrected chi connectivity index (χ2v) is 5.48. The second-order valence-electron chi connectivity index (χ2n) is 5.48. The van der Waals surface area contributed by atoms with Crippen molar-refractivity contribution < 1.29 is 19.7 Å². The monoisotopic (exact) mass is 252 g/mol. The summed E-state index contributed by atoms with van der Waals surface area (Å²) >= 11 is 0. The summed E-state index contributed by atoms with van der Waals surface area (Å²) < 4.78 is 5.50. The molecule has 1 unspecified atom stereocenters. The summed E-state index contributed by atoms with van der Waals surface area (Å²) in [4.78, 5) is 10.9. The van der Waals surface area contributed by atoms with Gasteiger partial charge in [0.2, 0.25) is 0 Å². The Morgan fingerprint density at radius 1 is 1.39 bits per heavy atom. The van der Waals surface area contributed by atoms with Crippen LogP contribution in [0, 0.1) is 12.3 Å². The molecule has 100 valence electrons. The molecule has 0 aliphatic rings. The van der Waals surface area contributed by atoms with Crippen LogP contribution in [0.25, 0.3) is 0 Å². The third-order valence-electron chi connectivity index (χ3n) is 2.83. The van der Waals surface area contributed by atoms with Gasteiger partial charge in [-0.3, -0.25) is 0 Å². The molecule has 1 aromatic carbocycles. The highest BCUT2D eigenvalue weighted by molar-refractivity contribution is 5.88. The average molecular weight is 252 g/mol. The van der Waals surface area contributed by atoms with Crippen LogP contribution in [0.5, 0.6) is 5.75 Å². The Kier molecular flexibility index (Phi) is 4.35. The van der Waals surface area contributed by atoms with Crippen molar-refractivity contribution in [3.8, 4) is 5.75 Å². The number of carboxylic acid groups (broad SMARTS) is 1. The molecule has 1 atom stereocenters. The average Bonchev–Trinajstić information content (AvgIpc) is 2.25. The number of hydrogen-bond acceptors (Lipinski definition) is 3. The number of aromatic carboxylic acids is 1. The first kappa shape index (κ1) is 14.5. The Balaban J connectivity index is 2.78. The molecule has 0 amide bonds. The molecule has 1 aromatic rings. The molecule has 0 aromatic heterocycles. The van der Waals surface area contributed by atoms with Gasteiger partial charge in [0.25, 0.3) is 0 Å². The van der Waals surface area contributed by atoms with E-state index in [0.717, 1.165) is 5.56 Å². The van der Waals surface area contributed by atoms with Gasteiger partial charge in [-0.05, 0) is 30.0 Å². The molecular weight excluding hydrogens is 232 g/mol. The third kappa shape index (κ3) is 3.74. The number of aryl methyl sites for hydroxylation is 1. The fourth-order valence-corrected chi connectivity index (χ4v) is 1.31. The largest absolute Gasteiger partial charge is 0.491 e. The van der Waals surface area contributed by atoms with Crippen molar-refractivity contribution in [1.82, 2.24) is 0 Å². The van der Waals surface area contributed by atoms with E-state index in [1.165, 1.54) is 12.1 Å². The minimum atomic E-state index is -0.990. The SMILES string of the molecule is Cc1ccc(C(=O)O)cc1OCC(O)C(C)(C)C. The van der Waals surface area contributed by atoms with Gasteiger partial charge in [-0.25, -0.2) is 4.79 Å². The molecular formula is C14H20O4. The van der Waals surface area contributed by atoms with Crippen molar-refractivity contribution in [2.24, 2.45) is 5.41 Å². The van der Waals surface area contributed by atoms with E-state index >= 15 is 0 Å². The van der Waals surface area contributed by atoms with Crippen LogP contribution in [-0.4, -0.2) is 28.9 Å². The van der Waals surface area contributed by atoms with Gasteiger partial charge in [0.05, 0.1) is 11.7 Å². The van der Waals surface area contributed by atoms with E-state index in [1.54, 1.807) is 6.07 Å². The van der Waals surface area contributed by atoms with Gasteiger partial charge >= 0.3 is 5.97 Å². The maximum Gasteiger partial charge on any atom is 0.335 e. The molecule has 4 nitrogen and oxygen atoms in total. The van der Waals surface area contributed by atoms with Crippen molar-refractivity contribution in [3.05, 3.63) is 29.3 Å². The first-order chi connectivity index (χ1) is 8.21. The number of carbonyl (C=O) groups is 1. The van der Waals surface area contributed by atoms with Crippen molar-refractivity contribution in [3.63, 3.8) is 0 Å². The number of ether oxygens (including phenoxy) is 1. The van der Waals surface area contributed by atoms with Gasteiger partial charge in [0.1, 0.15) is 12.4 Å². The quantitative estimate of drug-likeness (QED) is 0.864. The summed E-state index contributed by atoms with van der Waals surface area (Å²) in [7, 11) is 0. The molecule has 18 heavy (non-hydrogen) atoms. The summed E-state index contributed by atoms with van der Waals surface area (Å²) in [5.41, 5.74) is 0.764. The van der Waals surface area contributed by atoms with Crippen LogP contribution in [0.15, 0.2) is 18.2 Å². The van der Waals surface area contributed by atoms with Crippen LogP contribution in [0.3, 0.4) is 0 Å². The van der Waals surface area contributed by atoms with Crippen LogP contribution >= 0.6 is 0 Å². The Morgan fingerprint density at radius 2 is 2.00 bits per heavy atom. The third-order valence-corrected chi connectivity index (χ3v) is 2.83. The van der Waals surface area contributed by atoms with E-state index in [9.17, 15) is 9.90 Å². The van der Waals surface area contributed by atoms with E-state index in [1.807, 2.05) is 27.7 Å². The number of carboxylic acids is 1. The summed E-state index contributed by atoms with van der Waals surface area (Å²) in [6.07, 6.45) is -0.606. The minimum absolute atomic E-state index is 0.146. The van der Waals surface area contributed by atoms with Crippen LogP contribution in [-0.2, 0) is 0 Å². The van der Waals surface area contributed by atoms with Crippen molar-refractivity contribution in [2.45, 2.75) is 33.8 Å². The first-order valence-corrected chi connectivity index (χ1v) is 5.86. The Hall–Kier alpha value is -1.55. The first-order valence-electron chi connectivity index (χ1n) is 5.86. The Labute approximate surface area is 107 Å². The number of benzene rings is 1. The van der Waals surface area contributed by atoms with E-state index < -0.39 is 12.1 Å². The highest BCUT2D eigenvalue weighted by atomic mass is 16.5. The normalized spacial score (nSPS) is 13.2. The number of rotatable bonds is 4. The van der Waals surface area contributed by atoms with Gasteiger partial charge in [0, 0.05) is 0 Å². The molecule has 0 radical (unpaired) electrons. The van der Waals surface area contributed by atoms with Gasteiger partial charge in [-0.15, -0.1) is 0 Å². The highest BCUT2D eigenvalue weighted by Gasteiger charge is 2.23. The predicted molar refractivity (Wildman–Crippen MR) is 69.1 cm³/mol. The molecule has 4 heteroatoms. The smallest absolute Gasteiger partial charge is 0.335 e. The topological polar surface area (TPSA) is 66.8 Å². The fraction of sp³-hybridized carbons (Fsp3) is 0.500. The summed E-state index contributed by atoms with van der Waals surface area (Å²) in [6.45, 7) is 7.74. The van der Waals surface area contributed by atoms with Crippen LogP contribution < -0.4 is 4.74 Å².